The number of anilines is 2. The van der Waals surface area contributed by atoms with E-state index in [-0.39, 0.29) is 4.90 Å². The number of benzene rings is 3. The third-order valence-electron chi connectivity index (χ3n) is 4.47. The van der Waals surface area contributed by atoms with Gasteiger partial charge in [-0.1, -0.05) is 36.4 Å². The van der Waals surface area contributed by atoms with Crippen LogP contribution in [-0.4, -0.2) is 37.7 Å². The van der Waals surface area contributed by atoms with Gasteiger partial charge in [-0.2, -0.15) is 5.10 Å². The summed E-state index contributed by atoms with van der Waals surface area (Å²) in [6, 6.07) is 18.0. The minimum absolute atomic E-state index is 0.223. The number of hydrogen-bond acceptors (Lipinski definition) is 5. The second-order valence-electron chi connectivity index (χ2n) is 6.51. The molecule has 4 aromatic rings. The van der Waals surface area contributed by atoms with E-state index in [1.54, 1.807) is 30.3 Å². The molecule has 3 aromatic carbocycles. The Kier molecular flexibility index (Phi) is 4.48. The van der Waals surface area contributed by atoms with E-state index >= 15 is 0 Å². The summed E-state index contributed by atoms with van der Waals surface area (Å²) < 4.78 is 29.2. The number of aromatic nitrogens is 3. The monoisotopic (exact) mass is 393 g/mol. The summed E-state index contributed by atoms with van der Waals surface area (Å²) in [5.74, 6) is 0.492. The first-order valence-corrected chi connectivity index (χ1v) is 10.1. The molecule has 0 aliphatic heterocycles. The molecule has 8 heteroatoms. The first-order valence-electron chi connectivity index (χ1n) is 8.64. The number of fused-ring (bicyclic) bond motifs is 1. The van der Waals surface area contributed by atoms with E-state index in [0.29, 0.717) is 22.5 Å². The summed E-state index contributed by atoms with van der Waals surface area (Å²) in [5, 5.41) is 8.15. The SMILES string of the molecule is CN(C)c1cccc2c(S(=O)(=O)Nc3ccccc3-c3ncn[nH]3)cccc12. The Bertz CT molecular complexity index is 1230. The average Bonchev–Trinajstić information content (AvgIpc) is 3.21. The second kappa shape index (κ2) is 6.97. The quantitative estimate of drug-likeness (QED) is 0.542. The van der Waals surface area contributed by atoms with Crippen molar-refractivity contribution in [2.45, 2.75) is 4.90 Å². The third-order valence-corrected chi connectivity index (χ3v) is 5.90. The van der Waals surface area contributed by atoms with Crippen molar-refractivity contribution in [1.82, 2.24) is 15.2 Å². The number of H-pyrrole nitrogens is 1. The summed E-state index contributed by atoms with van der Waals surface area (Å²) in [4.78, 5) is 6.31. The van der Waals surface area contributed by atoms with Gasteiger partial charge in [-0.25, -0.2) is 13.4 Å². The van der Waals surface area contributed by atoms with Crippen molar-refractivity contribution >= 4 is 32.2 Å². The van der Waals surface area contributed by atoms with E-state index in [9.17, 15) is 8.42 Å². The van der Waals surface area contributed by atoms with Crippen molar-refractivity contribution in [3.05, 3.63) is 67.0 Å². The van der Waals surface area contributed by atoms with Crippen LogP contribution in [0.4, 0.5) is 11.4 Å². The molecule has 1 aromatic heterocycles. The van der Waals surface area contributed by atoms with Crippen LogP contribution in [0.1, 0.15) is 0 Å². The summed E-state index contributed by atoms with van der Waals surface area (Å²) in [7, 11) is 0.0382. The van der Waals surface area contributed by atoms with E-state index < -0.39 is 10.0 Å². The number of sulfonamides is 1. The Morgan fingerprint density at radius 3 is 2.43 bits per heavy atom. The van der Waals surface area contributed by atoms with E-state index in [4.69, 9.17) is 0 Å². The molecule has 0 aliphatic carbocycles. The van der Waals surface area contributed by atoms with Crippen LogP contribution >= 0.6 is 0 Å². The lowest BCUT2D eigenvalue weighted by molar-refractivity contribution is 0.602. The van der Waals surface area contributed by atoms with Crippen molar-refractivity contribution in [2.75, 3.05) is 23.7 Å². The van der Waals surface area contributed by atoms with Crippen LogP contribution < -0.4 is 9.62 Å². The van der Waals surface area contributed by atoms with Crippen LogP contribution in [0.25, 0.3) is 22.2 Å². The van der Waals surface area contributed by atoms with Crippen LogP contribution in [0.3, 0.4) is 0 Å². The van der Waals surface area contributed by atoms with Crippen LogP contribution in [0, 0.1) is 0 Å². The molecule has 0 unspecified atom stereocenters. The zero-order valence-electron chi connectivity index (χ0n) is 15.4. The van der Waals surface area contributed by atoms with Crippen molar-refractivity contribution in [3.8, 4) is 11.4 Å². The molecule has 28 heavy (non-hydrogen) atoms. The molecule has 0 fully saturated rings. The average molecular weight is 393 g/mol. The largest absolute Gasteiger partial charge is 0.377 e. The molecule has 4 rings (SSSR count). The second-order valence-corrected chi connectivity index (χ2v) is 8.16. The van der Waals surface area contributed by atoms with Crippen LogP contribution in [-0.2, 0) is 10.0 Å². The fourth-order valence-electron chi connectivity index (χ4n) is 3.20. The molecule has 0 saturated carbocycles. The summed E-state index contributed by atoms with van der Waals surface area (Å²) >= 11 is 0. The van der Waals surface area contributed by atoms with Crippen molar-refractivity contribution in [1.29, 1.82) is 0 Å². The normalized spacial score (nSPS) is 11.5. The molecule has 2 N–H and O–H groups in total. The zero-order valence-corrected chi connectivity index (χ0v) is 16.2. The van der Waals surface area contributed by atoms with Gasteiger partial charge >= 0.3 is 0 Å². The van der Waals surface area contributed by atoms with Crippen LogP contribution in [0.5, 0.6) is 0 Å². The standard InChI is InChI=1S/C20H19N5O2S/c1-25(2)18-11-5-9-15-14(18)8-6-12-19(15)28(26,27)24-17-10-4-3-7-16(17)20-21-13-22-23-20/h3-13,24H,1-2H3,(H,21,22,23). The highest BCUT2D eigenvalue weighted by atomic mass is 32.2. The van der Waals surface area contributed by atoms with Gasteiger partial charge < -0.3 is 4.90 Å². The molecular weight excluding hydrogens is 374 g/mol. The molecule has 142 valence electrons. The maximum absolute atomic E-state index is 13.2. The first-order chi connectivity index (χ1) is 13.5. The van der Waals surface area contributed by atoms with E-state index in [1.807, 2.05) is 49.3 Å². The molecule has 0 aliphatic rings. The molecule has 0 bridgehead atoms. The van der Waals surface area contributed by atoms with Crippen LogP contribution in [0.2, 0.25) is 0 Å². The lowest BCUT2D eigenvalue weighted by atomic mass is 10.1. The molecule has 1 heterocycles. The number of para-hydroxylation sites is 1. The van der Waals surface area contributed by atoms with Gasteiger partial charge in [-0.05, 0) is 24.3 Å². The lowest BCUT2D eigenvalue weighted by Crippen LogP contribution is -2.15. The van der Waals surface area contributed by atoms with E-state index in [2.05, 4.69) is 19.9 Å². The number of rotatable bonds is 5. The maximum atomic E-state index is 13.2. The molecule has 7 nitrogen and oxygen atoms in total. The van der Waals surface area contributed by atoms with Crippen molar-refractivity contribution in [2.24, 2.45) is 0 Å². The lowest BCUT2D eigenvalue weighted by Gasteiger charge is -2.17. The van der Waals surface area contributed by atoms with Gasteiger partial charge in [0.2, 0.25) is 0 Å². The Morgan fingerprint density at radius 1 is 0.929 bits per heavy atom. The zero-order chi connectivity index (χ0) is 19.7. The summed E-state index contributed by atoms with van der Waals surface area (Å²) in [6.45, 7) is 0. The van der Waals surface area contributed by atoms with Crippen LogP contribution in [0.15, 0.2) is 71.9 Å². The van der Waals surface area contributed by atoms with E-state index in [1.165, 1.54) is 6.33 Å². The summed E-state index contributed by atoms with van der Waals surface area (Å²) in [6.07, 6.45) is 1.38. The van der Waals surface area contributed by atoms with Gasteiger partial charge in [0, 0.05) is 36.1 Å². The number of aromatic amines is 1. The Labute approximate surface area is 163 Å². The van der Waals surface area contributed by atoms with Gasteiger partial charge in [-0.3, -0.25) is 9.82 Å². The predicted octanol–water partition coefficient (Wildman–Crippen LogP) is 3.49. The predicted molar refractivity (Wildman–Crippen MR) is 111 cm³/mol. The molecule has 0 amide bonds. The molecular formula is C20H19N5O2S. The topological polar surface area (TPSA) is 91.0 Å². The Hall–Kier alpha value is -3.39. The first kappa shape index (κ1) is 18.0. The minimum Gasteiger partial charge on any atom is -0.377 e. The van der Waals surface area contributed by atoms with Gasteiger partial charge in [0.05, 0.1) is 10.6 Å². The Balaban J connectivity index is 1.82. The van der Waals surface area contributed by atoms with Gasteiger partial charge in [0.1, 0.15) is 6.33 Å². The molecule has 0 atom stereocenters. The fraction of sp³-hybridized carbons (Fsp3) is 0.100. The van der Waals surface area contributed by atoms with Gasteiger partial charge in [0.15, 0.2) is 5.82 Å². The van der Waals surface area contributed by atoms with E-state index in [0.717, 1.165) is 11.1 Å². The number of nitrogens with one attached hydrogen (secondary N) is 2. The maximum Gasteiger partial charge on any atom is 0.262 e. The van der Waals surface area contributed by atoms with Gasteiger partial charge in [0.25, 0.3) is 10.0 Å². The third kappa shape index (κ3) is 3.18. The fourth-order valence-corrected chi connectivity index (χ4v) is 4.51. The smallest absolute Gasteiger partial charge is 0.262 e. The highest BCUT2D eigenvalue weighted by Crippen LogP contribution is 2.32. The van der Waals surface area contributed by atoms with Crippen molar-refractivity contribution < 1.29 is 8.42 Å². The Morgan fingerprint density at radius 2 is 1.68 bits per heavy atom. The number of hydrogen-bond donors (Lipinski definition) is 2. The molecule has 0 radical (unpaired) electrons. The molecule has 0 spiro atoms. The summed E-state index contributed by atoms with van der Waals surface area (Å²) in [5.41, 5.74) is 2.01. The van der Waals surface area contributed by atoms with Gasteiger partial charge in [-0.15, -0.1) is 0 Å². The van der Waals surface area contributed by atoms with Crippen molar-refractivity contribution in [3.63, 3.8) is 0 Å². The number of nitrogens with zero attached hydrogens (tertiary/aromatic N) is 3. The minimum atomic E-state index is -3.83. The highest BCUT2D eigenvalue weighted by Gasteiger charge is 2.20. The highest BCUT2D eigenvalue weighted by molar-refractivity contribution is 7.93. The molecule has 0 saturated heterocycles.